The molecule has 0 aliphatic carbocycles. The van der Waals surface area contributed by atoms with Crippen LogP contribution in [0, 0.1) is 0 Å². The maximum absolute atomic E-state index is 11.9. The van der Waals surface area contributed by atoms with Gasteiger partial charge in [-0.15, -0.1) is 0 Å². The average Bonchev–Trinajstić information content (AvgIpc) is 2.67. The molecule has 3 N–H and O–H groups in total. The number of amides is 3. The number of nitrogens with zero attached hydrogens (tertiary/aromatic N) is 1. The van der Waals surface area contributed by atoms with Gasteiger partial charge in [0.15, 0.2) is 0 Å². The Morgan fingerprint density at radius 2 is 2.16 bits per heavy atom. The van der Waals surface area contributed by atoms with Gasteiger partial charge in [-0.3, -0.25) is 14.4 Å². The first kappa shape index (κ1) is 13.8. The zero-order chi connectivity index (χ0) is 13.7. The number of hydrogen-bond donors (Lipinski definition) is 3. The van der Waals surface area contributed by atoms with Crippen molar-refractivity contribution < 1.29 is 14.4 Å². The molecule has 0 aromatic carbocycles. The highest BCUT2D eigenvalue weighted by molar-refractivity contribution is 6.35. The zero-order valence-corrected chi connectivity index (χ0v) is 10.9. The Morgan fingerprint density at radius 1 is 1.32 bits per heavy atom. The van der Waals surface area contributed by atoms with Crippen LogP contribution in [0.4, 0.5) is 0 Å². The first-order valence-corrected chi connectivity index (χ1v) is 6.74. The Hall–Kier alpha value is -1.63. The molecule has 1 unspecified atom stereocenters. The minimum absolute atomic E-state index is 0.00386. The number of carbonyl (C=O) groups excluding carboxylic acids is 3. The van der Waals surface area contributed by atoms with E-state index in [1.807, 2.05) is 0 Å². The smallest absolute Gasteiger partial charge is 0.311 e. The summed E-state index contributed by atoms with van der Waals surface area (Å²) >= 11 is 0. The van der Waals surface area contributed by atoms with E-state index in [9.17, 15) is 14.4 Å². The van der Waals surface area contributed by atoms with E-state index in [0.29, 0.717) is 32.5 Å². The first-order chi connectivity index (χ1) is 9.16. The molecule has 0 aromatic rings. The largest absolute Gasteiger partial charge is 0.352 e. The lowest BCUT2D eigenvalue weighted by molar-refractivity contribution is -0.145. The van der Waals surface area contributed by atoms with Crippen LogP contribution in [0.1, 0.15) is 19.3 Å². The van der Waals surface area contributed by atoms with Crippen LogP contribution in [-0.4, -0.2) is 61.4 Å². The Balaban J connectivity index is 1.75. The summed E-state index contributed by atoms with van der Waals surface area (Å²) in [6.45, 7) is 3.09. The van der Waals surface area contributed by atoms with Crippen molar-refractivity contribution in [3.63, 3.8) is 0 Å². The molecule has 7 nitrogen and oxygen atoms in total. The third kappa shape index (κ3) is 3.92. The molecule has 106 valence electrons. The monoisotopic (exact) mass is 268 g/mol. The Kier molecular flexibility index (Phi) is 4.73. The van der Waals surface area contributed by atoms with Crippen molar-refractivity contribution >= 4 is 17.7 Å². The van der Waals surface area contributed by atoms with E-state index in [2.05, 4.69) is 16.0 Å². The lowest BCUT2D eigenvalue weighted by atomic mass is 10.2. The normalized spacial score (nSPS) is 23.7. The molecule has 2 heterocycles. The highest BCUT2D eigenvalue weighted by Crippen LogP contribution is 2.05. The van der Waals surface area contributed by atoms with Crippen molar-refractivity contribution in [2.75, 3.05) is 32.7 Å². The van der Waals surface area contributed by atoms with E-state index in [1.54, 1.807) is 4.90 Å². The molecule has 2 fully saturated rings. The van der Waals surface area contributed by atoms with Crippen LogP contribution >= 0.6 is 0 Å². The van der Waals surface area contributed by atoms with Crippen molar-refractivity contribution in [1.82, 2.24) is 20.9 Å². The molecule has 19 heavy (non-hydrogen) atoms. The van der Waals surface area contributed by atoms with Gasteiger partial charge < -0.3 is 20.9 Å². The summed E-state index contributed by atoms with van der Waals surface area (Å²) in [5, 5.41) is 8.53. The molecule has 0 saturated carbocycles. The molecule has 7 heteroatoms. The summed E-state index contributed by atoms with van der Waals surface area (Å²) in [6.07, 6.45) is 2.06. The summed E-state index contributed by atoms with van der Waals surface area (Å²) < 4.78 is 0. The van der Waals surface area contributed by atoms with Crippen molar-refractivity contribution in [1.29, 1.82) is 0 Å². The van der Waals surface area contributed by atoms with E-state index in [1.165, 1.54) is 0 Å². The summed E-state index contributed by atoms with van der Waals surface area (Å²) in [7, 11) is 0. The molecule has 2 rings (SSSR count). The van der Waals surface area contributed by atoms with Gasteiger partial charge in [-0.2, -0.15) is 0 Å². The van der Waals surface area contributed by atoms with Gasteiger partial charge in [-0.05, 0) is 19.4 Å². The second kappa shape index (κ2) is 6.51. The van der Waals surface area contributed by atoms with Crippen LogP contribution in [0.15, 0.2) is 0 Å². The van der Waals surface area contributed by atoms with Crippen molar-refractivity contribution in [2.45, 2.75) is 25.3 Å². The van der Waals surface area contributed by atoms with Gasteiger partial charge in [0, 0.05) is 38.6 Å². The first-order valence-electron chi connectivity index (χ1n) is 6.74. The van der Waals surface area contributed by atoms with Gasteiger partial charge >= 0.3 is 11.8 Å². The fourth-order valence-corrected chi connectivity index (χ4v) is 2.31. The van der Waals surface area contributed by atoms with Crippen molar-refractivity contribution in [3.05, 3.63) is 0 Å². The summed E-state index contributed by atoms with van der Waals surface area (Å²) in [6, 6.07) is -0.0462. The highest BCUT2D eigenvalue weighted by atomic mass is 16.2. The zero-order valence-electron chi connectivity index (χ0n) is 10.9. The third-order valence-corrected chi connectivity index (χ3v) is 3.42. The van der Waals surface area contributed by atoms with Crippen LogP contribution in [0.25, 0.3) is 0 Å². The third-order valence-electron chi connectivity index (χ3n) is 3.42. The van der Waals surface area contributed by atoms with E-state index in [-0.39, 0.29) is 11.9 Å². The minimum atomic E-state index is -0.581. The van der Waals surface area contributed by atoms with Crippen LogP contribution < -0.4 is 16.0 Å². The molecule has 0 aromatic heterocycles. The van der Waals surface area contributed by atoms with Gasteiger partial charge in [-0.1, -0.05) is 0 Å². The van der Waals surface area contributed by atoms with Gasteiger partial charge in [0.2, 0.25) is 5.91 Å². The highest BCUT2D eigenvalue weighted by Gasteiger charge is 2.25. The quantitative estimate of drug-likeness (QED) is 0.516. The van der Waals surface area contributed by atoms with Crippen LogP contribution in [-0.2, 0) is 14.4 Å². The lowest BCUT2D eigenvalue weighted by Crippen LogP contribution is -2.47. The molecular weight excluding hydrogens is 248 g/mol. The minimum Gasteiger partial charge on any atom is -0.352 e. The van der Waals surface area contributed by atoms with Gasteiger partial charge in [0.05, 0.1) is 0 Å². The van der Waals surface area contributed by atoms with Crippen molar-refractivity contribution in [2.24, 2.45) is 0 Å². The Labute approximate surface area is 112 Å². The average molecular weight is 268 g/mol. The second-order valence-corrected chi connectivity index (χ2v) is 4.91. The lowest BCUT2D eigenvalue weighted by Gasteiger charge is -2.19. The molecule has 0 spiro atoms. The van der Waals surface area contributed by atoms with E-state index >= 15 is 0 Å². The molecule has 0 bridgehead atoms. The van der Waals surface area contributed by atoms with E-state index in [4.69, 9.17) is 0 Å². The van der Waals surface area contributed by atoms with Crippen molar-refractivity contribution in [3.8, 4) is 0 Å². The van der Waals surface area contributed by atoms with Crippen LogP contribution in [0.5, 0.6) is 0 Å². The fraction of sp³-hybridized carbons (Fsp3) is 0.750. The predicted octanol–water partition coefficient (Wildman–Crippen LogP) is -1.80. The molecule has 2 saturated heterocycles. The molecule has 1 atom stereocenters. The SMILES string of the molecule is O=C1CCC(CNC(=O)C(=O)N2CCCNCC2)N1. The van der Waals surface area contributed by atoms with Crippen LogP contribution in [0.3, 0.4) is 0 Å². The van der Waals surface area contributed by atoms with E-state index < -0.39 is 11.8 Å². The maximum atomic E-state index is 11.9. The number of rotatable bonds is 2. The number of carbonyl (C=O) groups is 3. The van der Waals surface area contributed by atoms with E-state index in [0.717, 1.165) is 19.5 Å². The standard InChI is InChI=1S/C12H20N4O3/c17-10-3-2-9(15-10)8-14-11(18)12(19)16-6-1-4-13-5-7-16/h9,13H,1-8H2,(H,14,18)(H,15,17). The Morgan fingerprint density at radius 3 is 2.89 bits per heavy atom. The molecule has 2 aliphatic heterocycles. The summed E-state index contributed by atoms with van der Waals surface area (Å²) in [5.41, 5.74) is 0. The predicted molar refractivity (Wildman–Crippen MR) is 68.2 cm³/mol. The topological polar surface area (TPSA) is 90.5 Å². The van der Waals surface area contributed by atoms with Gasteiger partial charge in [-0.25, -0.2) is 0 Å². The summed E-state index contributed by atoms with van der Waals surface area (Å²) in [5.74, 6) is -1.06. The second-order valence-electron chi connectivity index (χ2n) is 4.91. The number of hydrogen-bond acceptors (Lipinski definition) is 4. The molecule has 0 radical (unpaired) electrons. The molecular formula is C12H20N4O3. The molecule has 3 amide bonds. The number of nitrogens with one attached hydrogen (secondary N) is 3. The van der Waals surface area contributed by atoms with Crippen LogP contribution in [0.2, 0.25) is 0 Å². The van der Waals surface area contributed by atoms with Gasteiger partial charge in [0.25, 0.3) is 0 Å². The summed E-state index contributed by atoms with van der Waals surface area (Å²) in [4.78, 5) is 36.3. The fourth-order valence-electron chi connectivity index (χ4n) is 2.31. The van der Waals surface area contributed by atoms with Gasteiger partial charge in [0.1, 0.15) is 0 Å². The maximum Gasteiger partial charge on any atom is 0.311 e. The molecule has 2 aliphatic rings. The Bertz CT molecular complexity index is 364.